The molecule has 0 unspecified atom stereocenters. The smallest absolute Gasteiger partial charge is 0.268 e. The Labute approximate surface area is 70.8 Å². The number of halogens is 4. The lowest BCUT2D eigenvalue weighted by Gasteiger charge is -2.03. The molecule has 0 aliphatic heterocycles. The Kier molecular flexibility index (Phi) is 2.82. The largest absolute Gasteiger partial charge is 0.392 e. The normalized spacial score (nSPS) is 10.9. The predicted molar refractivity (Wildman–Crippen MR) is 35.0 cm³/mol. The van der Waals surface area contributed by atoms with Crippen molar-refractivity contribution >= 4 is 0 Å². The van der Waals surface area contributed by atoms with Crippen LogP contribution in [-0.4, -0.2) is 10.1 Å². The minimum absolute atomic E-state index is 0.448. The lowest BCUT2D eigenvalue weighted by molar-refractivity contribution is 0.144. The molecular weight excluding hydrogens is 190 g/mol. The predicted octanol–water partition coefficient (Wildman–Crippen LogP) is 1.79. The van der Waals surface area contributed by atoms with Gasteiger partial charge in [0.05, 0.1) is 12.2 Å². The number of aliphatic hydroxyl groups is 1. The summed E-state index contributed by atoms with van der Waals surface area (Å²) in [5.41, 5.74) is -1.46. The van der Waals surface area contributed by atoms with Crippen molar-refractivity contribution in [1.29, 1.82) is 0 Å². The number of aromatic nitrogens is 1. The van der Waals surface area contributed by atoms with Gasteiger partial charge in [-0.05, 0) is 6.07 Å². The Balaban J connectivity index is 3.22. The van der Waals surface area contributed by atoms with Gasteiger partial charge in [0.25, 0.3) is 6.43 Å². The topological polar surface area (TPSA) is 33.1 Å². The highest BCUT2D eigenvalue weighted by Crippen LogP contribution is 2.22. The van der Waals surface area contributed by atoms with E-state index >= 15 is 0 Å². The Morgan fingerprint density at radius 1 is 1.31 bits per heavy atom. The summed E-state index contributed by atoms with van der Waals surface area (Å²) in [5, 5.41) is 8.47. The van der Waals surface area contributed by atoms with Crippen molar-refractivity contribution in [2.45, 2.75) is 13.0 Å². The van der Waals surface area contributed by atoms with Crippen molar-refractivity contribution < 1.29 is 22.7 Å². The molecular formula is C7H5F4NO. The van der Waals surface area contributed by atoms with Crippen molar-refractivity contribution in [3.05, 3.63) is 29.1 Å². The number of rotatable bonds is 2. The summed E-state index contributed by atoms with van der Waals surface area (Å²) in [6, 6.07) is 0.558. The minimum Gasteiger partial charge on any atom is -0.392 e. The number of hydrogen-bond donors (Lipinski definition) is 1. The van der Waals surface area contributed by atoms with Crippen LogP contribution in [0.15, 0.2) is 6.07 Å². The number of alkyl halides is 2. The highest BCUT2D eigenvalue weighted by molar-refractivity contribution is 5.20. The first-order valence-corrected chi connectivity index (χ1v) is 3.30. The van der Waals surface area contributed by atoms with Gasteiger partial charge in [-0.2, -0.15) is 13.8 Å². The zero-order valence-electron chi connectivity index (χ0n) is 6.27. The van der Waals surface area contributed by atoms with E-state index in [9.17, 15) is 17.6 Å². The zero-order chi connectivity index (χ0) is 10.0. The molecule has 1 aromatic rings. The second-order valence-corrected chi connectivity index (χ2v) is 2.28. The van der Waals surface area contributed by atoms with Crippen LogP contribution in [0, 0.1) is 11.9 Å². The van der Waals surface area contributed by atoms with Gasteiger partial charge in [-0.25, -0.2) is 8.78 Å². The molecule has 0 aromatic carbocycles. The maximum absolute atomic E-state index is 12.5. The fourth-order valence-electron chi connectivity index (χ4n) is 0.793. The van der Waals surface area contributed by atoms with E-state index in [2.05, 4.69) is 4.98 Å². The van der Waals surface area contributed by atoms with Crippen LogP contribution < -0.4 is 0 Å². The molecule has 1 N–H and O–H groups in total. The third-order valence-corrected chi connectivity index (χ3v) is 1.43. The van der Waals surface area contributed by atoms with Gasteiger partial charge in [-0.3, -0.25) is 0 Å². The minimum atomic E-state index is -3.07. The lowest BCUT2D eigenvalue weighted by Crippen LogP contribution is -2.02. The maximum atomic E-state index is 12.5. The molecule has 0 fully saturated rings. The van der Waals surface area contributed by atoms with E-state index in [1.165, 1.54) is 0 Å². The summed E-state index contributed by atoms with van der Waals surface area (Å²) < 4.78 is 49.0. The van der Waals surface area contributed by atoms with Gasteiger partial charge < -0.3 is 5.11 Å². The molecule has 0 bridgehead atoms. The van der Waals surface area contributed by atoms with E-state index < -0.39 is 36.1 Å². The fraction of sp³-hybridized carbons (Fsp3) is 0.286. The van der Waals surface area contributed by atoms with Gasteiger partial charge in [-0.15, -0.1) is 0 Å². The summed E-state index contributed by atoms with van der Waals surface area (Å²) in [6.07, 6.45) is -3.07. The average Bonchev–Trinajstić information content (AvgIpc) is 2.03. The SMILES string of the molecule is OCc1cc(C(F)F)c(F)nc1F. The molecule has 0 spiro atoms. The van der Waals surface area contributed by atoms with E-state index in [0.717, 1.165) is 0 Å². The summed E-state index contributed by atoms with van der Waals surface area (Å²) in [7, 11) is 0. The van der Waals surface area contributed by atoms with Crippen LogP contribution in [0.4, 0.5) is 17.6 Å². The average molecular weight is 195 g/mol. The maximum Gasteiger partial charge on any atom is 0.268 e. The number of aliphatic hydroxyl groups excluding tert-OH is 1. The second-order valence-electron chi connectivity index (χ2n) is 2.28. The summed E-state index contributed by atoms with van der Waals surface area (Å²) >= 11 is 0. The molecule has 2 nitrogen and oxygen atoms in total. The molecule has 1 heterocycles. The van der Waals surface area contributed by atoms with Crippen LogP contribution in [0.3, 0.4) is 0 Å². The molecule has 1 aromatic heterocycles. The van der Waals surface area contributed by atoms with Gasteiger partial charge >= 0.3 is 0 Å². The van der Waals surface area contributed by atoms with Gasteiger partial charge in [0.2, 0.25) is 11.9 Å². The highest BCUT2D eigenvalue weighted by atomic mass is 19.3. The highest BCUT2D eigenvalue weighted by Gasteiger charge is 2.17. The summed E-state index contributed by atoms with van der Waals surface area (Å²) in [6.45, 7) is -0.793. The fourth-order valence-corrected chi connectivity index (χ4v) is 0.793. The summed E-state index contributed by atoms with van der Waals surface area (Å²) in [4.78, 5) is 2.59. The quantitative estimate of drug-likeness (QED) is 0.576. The lowest BCUT2D eigenvalue weighted by atomic mass is 10.2. The van der Waals surface area contributed by atoms with Gasteiger partial charge in [0, 0.05) is 5.56 Å². The van der Waals surface area contributed by atoms with E-state index in [1.54, 1.807) is 0 Å². The summed E-state index contributed by atoms with van der Waals surface area (Å²) in [5.74, 6) is -2.82. The van der Waals surface area contributed by atoms with Crippen molar-refractivity contribution in [2.24, 2.45) is 0 Å². The molecule has 0 aliphatic rings. The molecule has 0 radical (unpaired) electrons. The van der Waals surface area contributed by atoms with E-state index in [1.807, 2.05) is 0 Å². The Morgan fingerprint density at radius 2 is 1.92 bits per heavy atom. The van der Waals surface area contributed by atoms with Crippen LogP contribution in [0.2, 0.25) is 0 Å². The van der Waals surface area contributed by atoms with Crippen LogP contribution in [-0.2, 0) is 6.61 Å². The molecule has 13 heavy (non-hydrogen) atoms. The first-order chi connectivity index (χ1) is 6.06. The van der Waals surface area contributed by atoms with Crippen molar-refractivity contribution in [2.75, 3.05) is 0 Å². The van der Waals surface area contributed by atoms with Crippen LogP contribution in [0.25, 0.3) is 0 Å². The second kappa shape index (κ2) is 3.69. The molecule has 0 saturated carbocycles. The van der Waals surface area contributed by atoms with E-state index in [0.29, 0.717) is 6.07 Å². The molecule has 6 heteroatoms. The first kappa shape index (κ1) is 9.91. The van der Waals surface area contributed by atoms with Crippen LogP contribution >= 0.6 is 0 Å². The molecule has 0 aliphatic carbocycles. The zero-order valence-corrected chi connectivity index (χ0v) is 6.27. The number of pyridine rings is 1. The Hall–Kier alpha value is -1.17. The number of hydrogen-bond acceptors (Lipinski definition) is 2. The van der Waals surface area contributed by atoms with E-state index in [-0.39, 0.29) is 0 Å². The first-order valence-electron chi connectivity index (χ1n) is 3.30. The standard InChI is InChI=1S/C7H5F4NO/c8-5(9)4-1-3(2-13)6(10)12-7(4)11/h1,5,13H,2H2. The van der Waals surface area contributed by atoms with Crippen molar-refractivity contribution in [3.8, 4) is 0 Å². The van der Waals surface area contributed by atoms with Gasteiger partial charge in [0.1, 0.15) is 0 Å². The van der Waals surface area contributed by atoms with Gasteiger partial charge in [-0.1, -0.05) is 0 Å². The molecule has 0 amide bonds. The van der Waals surface area contributed by atoms with Crippen LogP contribution in [0.1, 0.15) is 17.6 Å². The molecule has 0 atom stereocenters. The third-order valence-electron chi connectivity index (χ3n) is 1.43. The Morgan fingerprint density at radius 3 is 2.38 bits per heavy atom. The molecule has 1 rings (SSSR count). The molecule has 0 saturated heterocycles. The third kappa shape index (κ3) is 1.95. The molecule has 72 valence electrons. The Bertz CT molecular complexity index is 316. The van der Waals surface area contributed by atoms with Crippen molar-refractivity contribution in [3.63, 3.8) is 0 Å². The number of nitrogens with zero attached hydrogens (tertiary/aromatic N) is 1. The van der Waals surface area contributed by atoms with Gasteiger partial charge in [0.15, 0.2) is 0 Å². The monoisotopic (exact) mass is 195 g/mol. The van der Waals surface area contributed by atoms with Crippen molar-refractivity contribution in [1.82, 2.24) is 4.98 Å². The van der Waals surface area contributed by atoms with E-state index in [4.69, 9.17) is 5.11 Å². The van der Waals surface area contributed by atoms with Crippen LogP contribution in [0.5, 0.6) is 0 Å².